The Morgan fingerprint density at radius 3 is 2.40 bits per heavy atom. The second-order valence-corrected chi connectivity index (χ2v) is 7.80. The van der Waals surface area contributed by atoms with Gasteiger partial charge in [-0.2, -0.15) is 5.11 Å². The van der Waals surface area contributed by atoms with Crippen LogP contribution in [-0.2, 0) is 9.53 Å². The van der Waals surface area contributed by atoms with Crippen LogP contribution in [0.15, 0.2) is 41.3 Å². The van der Waals surface area contributed by atoms with Crippen molar-refractivity contribution in [3.63, 3.8) is 0 Å². The van der Waals surface area contributed by atoms with Crippen LogP contribution in [0.25, 0.3) is 0 Å². The molecule has 0 atom stereocenters. The second kappa shape index (κ2) is 9.86. The van der Waals surface area contributed by atoms with Crippen LogP contribution >= 0.6 is 0 Å². The fraction of sp³-hybridized carbons (Fsp3) is 0.450. The third-order valence-corrected chi connectivity index (χ3v) is 4.21. The van der Waals surface area contributed by atoms with Crippen LogP contribution in [0.2, 0.25) is 0 Å². The van der Waals surface area contributed by atoms with E-state index in [-0.39, 0.29) is 24.1 Å². The molecule has 3 N–H and O–H groups in total. The molecule has 1 saturated heterocycles. The zero-order chi connectivity index (χ0) is 22.3. The Kier molecular flexibility index (Phi) is 7.51. The van der Waals surface area contributed by atoms with Crippen molar-refractivity contribution in [2.45, 2.75) is 32.8 Å². The topological polar surface area (TPSA) is 135 Å². The summed E-state index contributed by atoms with van der Waals surface area (Å²) in [7, 11) is 0. The summed E-state index contributed by atoms with van der Waals surface area (Å²) >= 11 is 0. The van der Waals surface area contributed by atoms with Gasteiger partial charge in [0.2, 0.25) is 0 Å². The Balaban J connectivity index is 1.97. The molecule has 1 aromatic rings. The number of anilines is 1. The molecule has 10 heteroatoms. The Morgan fingerprint density at radius 1 is 1.20 bits per heavy atom. The first kappa shape index (κ1) is 22.9. The lowest BCUT2D eigenvalue weighted by molar-refractivity contribution is -0.136. The van der Waals surface area contributed by atoms with Gasteiger partial charge in [0.1, 0.15) is 5.60 Å². The molecule has 1 aliphatic rings. The molecule has 0 unspecified atom stereocenters. The minimum atomic E-state index is -1.09. The summed E-state index contributed by atoms with van der Waals surface area (Å²) in [5, 5.41) is 14.8. The Bertz CT molecular complexity index is 838. The van der Waals surface area contributed by atoms with E-state index in [9.17, 15) is 14.4 Å². The van der Waals surface area contributed by atoms with Gasteiger partial charge in [0.05, 0.1) is 12.1 Å². The van der Waals surface area contributed by atoms with E-state index in [1.165, 1.54) is 6.20 Å². The average Bonchev–Trinajstić information content (AvgIpc) is 2.69. The van der Waals surface area contributed by atoms with Gasteiger partial charge in [-0.15, -0.1) is 0 Å². The minimum absolute atomic E-state index is 0.0532. The monoisotopic (exact) mass is 417 g/mol. The highest BCUT2D eigenvalue weighted by molar-refractivity contribution is 5.95. The number of carbonyl (C=O) groups is 3. The predicted octanol–water partition coefficient (Wildman–Crippen LogP) is 3.14. The first-order chi connectivity index (χ1) is 14.1. The van der Waals surface area contributed by atoms with Gasteiger partial charge in [-0.1, -0.05) is 6.07 Å². The zero-order valence-corrected chi connectivity index (χ0v) is 17.3. The molecule has 1 fully saturated rings. The number of nitrogens with zero attached hydrogens (tertiary/aromatic N) is 3. The van der Waals surface area contributed by atoms with Crippen LogP contribution < -0.4 is 5.32 Å². The van der Waals surface area contributed by atoms with E-state index < -0.39 is 11.6 Å². The van der Waals surface area contributed by atoms with Gasteiger partial charge in [-0.05, 0) is 39.0 Å². The molecule has 10 nitrogen and oxygen atoms in total. The summed E-state index contributed by atoms with van der Waals surface area (Å²) in [6.45, 7) is 7.01. The summed E-state index contributed by atoms with van der Waals surface area (Å²) in [6.07, 6.45) is 0.561. The van der Waals surface area contributed by atoms with Crippen molar-refractivity contribution >= 4 is 23.7 Å². The number of carboxylic acid groups (broad SMARTS) is 1. The van der Waals surface area contributed by atoms with Crippen LogP contribution in [0.3, 0.4) is 0 Å². The highest BCUT2D eigenvalue weighted by atomic mass is 16.6. The fourth-order valence-corrected chi connectivity index (χ4v) is 2.79. The van der Waals surface area contributed by atoms with E-state index in [4.69, 9.17) is 15.4 Å². The molecule has 30 heavy (non-hydrogen) atoms. The highest BCUT2D eigenvalue weighted by Gasteiger charge is 2.28. The Labute approximate surface area is 175 Å². The van der Waals surface area contributed by atoms with Crippen LogP contribution in [0.5, 0.6) is 0 Å². The van der Waals surface area contributed by atoms with Gasteiger partial charge < -0.3 is 25.0 Å². The number of aliphatic carboxylic acids is 1. The van der Waals surface area contributed by atoms with Crippen LogP contribution in [-0.4, -0.2) is 64.7 Å². The van der Waals surface area contributed by atoms with Gasteiger partial charge in [-0.3, -0.25) is 9.59 Å². The lowest BCUT2D eigenvalue weighted by Gasteiger charge is -2.35. The third-order valence-electron chi connectivity index (χ3n) is 4.21. The largest absolute Gasteiger partial charge is 0.481 e. The van der Waals surface area contributed by atoms with Crippen molar-refractivity contribution in [3.05, 3.63) is 41.7 Å². The summed E-state index contributed by atoms with van der Waals surface area (Å²) < 4.78 is 5.36. The fourth-order valence-electron chi connectivity index (χ4n) is 2.79. The number of nitrogens with one attached hydrogen (secondary N) is 2. The van der Waals surface area contributed by atoms with Crippen molar-refractivity contribution in [2.24, 2.45) is 5.11 Å². The highest BCUT2D eigenvalue weighted by Crippen LogP contribution is 2.17. The van der Waals surface area contributed by atoms with E-state index in [1.807, 2.05) is 20.8 Å². The summed E-state index contributed by atoms with van der Waals surface area (Å²) in [5.74, 6) is -1.25. The molecule has 0 saturated carbocycles. The lowest BCUT2D eigenvalue weighted by Crippen LogP contribution is -2.51. The van der Waals surface area contributed by atoms with E-state index in [1.54, 1.807) is 34.1 Å². The number of hydrogen-bond acceptors (Lipinski definition) is 7. The van der Waals surface area contributed by atoms with Gasteiger partial charge in [-0.25, -0.2) is 10.3 Å². The molecule has 0 radical (unpaired) electrons. The molecule has 2 amide bonds. The third kappa shape index (κ3) is 6.87. The molecule has 0 spiro atoms. The van der Waals surface area contributed by atoms with E-state index in [0.29, 0.717) is 37.4 Å². The Morgan fingerprint density at radius 2 is 1.83 bits per heavy atom. The van der Waals surface area contributed by atoms with Gasteiger partial charge in [0.25, 0.3) is 5.91 Å². The molecule has 0 aliphatic carbocycles. The lowest BCUT2D eigenvalue weighted by atomic mass is 10.1. The number of carboxylic acids is 1. The number of piperazine rings is 1. The first-order valence-electron chi connectivity index (χ1n) is 9.51. The standard InChI is InChI=1S/C20H27N5O5/c1-20(2,3)30-19(29)25-9-7-24(8-10-25)18(28)14-5-4-6-15(11-14)22-13-16(23-21)12-17(26)27/h4-6,11,13,21-22H,7-10,12H2,1-3H3,(H,26,27)/b16-13-,23-21?. The molecular weight excluding hydrogens is 390 g/mol. The van der Waals surface area contributed by atoms with Gasteiger partial charge in [0.15, 0.2) is 0 Å². The summed E-state index contributed by atoms with van der Waals surface area (Å²) in [5.41, 5.74) is 7.53. The van der Waals surface area contributed by atoms with Crippen molar-refractivity contribution < 1.29 is 24.2 Å². The minimum Gasteiger partial charge on any atom is -0.481 e. The molecule has 1 aromatic carbocycles. The summed E-state index contributed by atoms with van der Waals surface area (Å²) in [6, 6.07) is 6.75. The zero-order valence-electron chi connectivity index (χ0n) is 17.3. The maximum Gasteiger partial charge on any atom is 0.410 e. The Hall–Kier alpha value is -3.43. The number of rotatable bonds is 6. The maximum absolute atomic E-state index is 12.8. The average molecular weight is 417 g/mol. The number of amides is 2. The van der Waals surface area contributed by atoms with E-state index in [2.05, 4.69) is 10.4 Å². The van der Waals surface area contributed by atoms with Crippen LogP contribution in [0.1, 0.15) is 37.6 Å². The normalized spacial score (nSPS) is 14.8. The number of benzene rings is 1. The van der Waals surface area contributed by atoms with Crippen LogP contribution in [0, 0.1) is 5.53 Å². The molecule has 162 valence electrons. The molecule has 1 heterocycles. The molecule has 1 aliphatic heterocycles. The second-order valence-electron chi connectivity index (χ2n) is 7.80. The van der Waals surface area contributed by atoms with Crippen molar-refractivity contribution in [2.75, 3.05) is 31.5 Å². The van der Waals surface area contributed by atoms with E-state index in [0.717, 1.165) is 0 Å². The van der Waals surface area contributed by atoms with Crippen molar-refractivity contribution in [1.29, 1.82) is 5.53 Å². The van der Waals surface area contributed by atoms with Gasteiger partial charge >= 0.3 is 12.1 Å². The summed E-state index contributed by atoms with van der Waals surface area (Å²) in [4.78, 5) is 39.0. The van der Waals surface area contributed by atoms with Crippen molar-refractivity contribution in [3.8, 4) is 0 Å². The van der Waals surface area contributed by atoms with Gasteiger partial charge in [0, 0.05) is 43.6 Å². The molecular formula is C20H27N5O5. The molecule has 0 aromatic heterocycles. The van der Waals surface area contributed by atoms with E-state index >= 15 is 0 Å². The number of carbonyl (C=O) groups excluding carboxylic acids is 2. The molecule has 2 rings (SSSR count). The number of ether oxygens (including phenoxy) is 1. The molecule has 0 bridgehead atoms. The van der Waals surface area contributed by atoms with Crippen molar-refractivity contribution in [1.82, 2.24) is 9.80 Å². The smallest absolute Gasteiger partial charge is 0.410 e. The van der Waals surface area contributed by atoms with Crippen LogP contribution in [0.4, 0.5) is 10.5 Å². The first-order valence-corrected chi connectivity index (χ1v) is 9.51. The number of hydrogen-bond donors (Lipinski definition) is 3. The quantitative estimate of drug-likeness (QED) is 0.609. The maximum atomic E-state index is 12.8. The predicted molar refractivity (Wildman–Crippen MR) is 109 cm³/mol. The SMILES string of the molecule is CC(C)(C)OC(=O)N1CCN(C(=O)c2cccc(N/C=C(/CC(=O)O)N=N)c2)CC1.